The van der Waals surface area contributed by atoms with Crippen molar-refractivity contribution in [3.63, 3.8) is 0 Å². The summed E-state index contributed by atoms with van der Waals surface area (Å²) in [7, 11) is 0. The first-order chi connectivity index (χ1) is 13.4. The van der Waals surface area contributed by atoms with Gasteiger partial charge in [0.2, 0.25) is 5.82 Å². The number of aromatic nitrogens is 4. The number of benzene rings is 2. The number of carbonyl (C=O) groups is 1. The van der Waals surface area contributed by atoms with Crippen molar-refractivity contribution < 1.29 is 9.72 Å². The summed E-state index contributed by atoms with van der Waals surface area (Å²) in [5.41, 5.74) is 1.61. The van der Waals surface area contributed by atoms with Gasteiger partial charge in [0.1, 0.15) is 0 Å². The van der Waals surface area contributed by atoms with E-state index in [9.17, 15) is 14.9 Å². The third-order valence-electron chi connectivity index (χ3n) is 4.28. The Balaban J connectivity index is 1.85. The molecular formula is C19H20N6O3. The second-order valence-corrected chi connectivity index (χ2v) is 6.74. The number of anilines is 1. The van der Waals surface area contributed by atoms with E-state index in [0.717, 1.165) is 5.56 Å². The maximum Gasteiger partial charge on any atom is 0.274 e. The smallest absolute Gasteiger partial charge is 0.274 e. The van der Waals surface area contributed by atoms with Gasteiger partial charge in [0.25, 0.3) is 11.6 Å². The second kappa shape index (κ2) is 7.95. The molecule has 1 aromatic heterocycles. The normalized spacial score (nSPS) is 12.0. The van der Waals surface area contributed by atoms with Crippen LogP contribution in [0.5, 0.6) is 0 Å². The van der Waals surface area contributed by atoms with Crippen molar-refractivity contribution in [1.29, 1.82) is 0 Å². The van der Waals surface area contributed by atoms with E-state index in [-0.39, 0.29) is 17.5 Å². The fourth-order valence-electron chi connectivity index (χ4n) is 2.82. The molecule has 3 rings (SSSR count). The standard InChI is InChI=1S/C19H20N6O3/c1-12(2)17(24-22-18(21-23-24)14-7-5-4-6-8-14)19(26)20-15-10-9-13(3)16(11-15)25(27)28/h4-12,17H,1-3H3,(H,20,26). The lowest BCUT2D eigenvalue weighted by atomic mass is 10.0. The van der Waals surface area contributed by atoms with Crippen molar-refractivity contribution in [2.45, 2.75) is 26.8 Å². The van der Waals surface area contributed by atoms with Gasteiger partial charge in [-0.2, -0.15) is 4.80 Å². The Kier molecular flexibility index (Phi) is 5.44. The first kappa shape index (κ1) is 19.2. The number of amides is 1. The molecule has 3 aromatic rings. The van der Waals surface area contributed by atoms with Crippen LogP contribution in [0.1, 0.15) is 25.5 Å². The molecule has 0 radical (unpaired) electrons. The van der Waals surface area contributed by atoms with E-state index in [2.05, 4.69) is 20.7 Å². The van der Waals surface area contributed by atoms with E-state index in [1.807, 2.05) is 44.2 Å². The summed E-state index contributed by atoms with van der Waals surface area (Å²) in [6.07, 6.45) is 0. The molecule has 9 heteroatoms. The second-order valence-electron chi connectivity index (χ2n) is 6.74. The van der Waals surface area contributed by atoms with Crippen molar-refractivity contribution in [1.82, 2.24) is 20.2 Å². The fraction of sp³-hybridized carbons (Fsp3) is 0.263. The third kappa shape index (κ3) is 4.03. The van der Waals surface area contributed by atoms with Crippen molar-refractivity contribution in [3.8, 4) is 11.4 Å². The van der Waals surface area contributed by atoms with Crippen LogP contribution in [0.3, 0.4) is 0 Å². The molecule has 1 atom stereocenters. The zero-order chi connectivity index (χ0) is 20.3. The quantitative estimate of drug-likeness (QED) is 0.517. The molecule has 1 heterocycles. The van der Waals surface area contributed by atoms with E-state index >= 15 is 0 Å². The Morgan fingerprint density at radius 2 is 1.89 bits per heavy atom. The van der Waals surface area contributed by atoms with E-state index in [0.29, 0.717) is 17.1 Å². The van der Waals surface area contributed by atoms with E-state index in [1.165, 1.54) is 10.9 Å². The average molecular weight is 380 g/mol. The molecule has 2 aromatic carbocycles. The number of rotatable bonds is 6. The molecule has 0 aliphatic heterocycles. The minimum Gasteiger partial charge on any atom is -0.324 e. The average Bonchev–Trinajstić information content (AvgIpc) is 3.13. The molecule has 28 heavy (non-hydrogen) atoms. The molecule has 1 amide bonds. The summed E-state index contributed by atoms with van der Waals surface area (Å²) >= 11 is 0. The van der Waals surface area contributed by atoms with E-state index < -0.39 is 11.0 Å². The number of aryl methyl sites for hydroxylation is 1. The number of carbonyl (C=O) groups excluding carboxylic acids is 1. The first-order valence-corrected chi connectivity index (χ1v) is 8.77. The highest BCUT2D eigenvalue weighted by molar-refractivity contribution is 5.94. The summed E-state index contributed by atoms with van der Waals surface area (Å²) in [6.45, 7) is 5.38. The zero-order valence-corrected chi connectivity index (χ0v) is 15.7. The predicted molar refractivity (Wildman–Crippen MR) is 104 cm³/mol. The molecule has 0 saturated heterocycles. The first-order valence-electron chi connectivity index (χ1n) is 8.77. The molecule has 1 unspecified atom stereocenters. The monoisotopic (exact) mass is 380 g/mol. The number of nitro benzene ring substituents is 1. The van der Waals surface area contributed by atoms with Gasteiger partial charge in [-0.05, 0) is 24.1 Å². The number of hydrogen-bond donors (Lipinski definition) is 1. The molecule has 0 saturated carbocycles. The fourth-order valence-corrected chi connectivity index (χ4v) is 2.82. The van der Waals surface area contributed by atoms with Crippen LogP contribution in [-0.2, 0) is 4.79 Å². The van der Waals surface area contributed by atoms with Crippen molar-refractivity contribution >= 4 is 17.3 Å². The van der Waals surface area contributed by atoms with Crippen LogP contribution in [0.25, 0.3) is 11.4 Å². The number of nitrogens with one attached hydrogen (secondary N) is 1. The van der Waals surface area contributed by atoms with Gasteiger partial charge in [0.05, 0.1) is 4.92 Å². The number of nitrogens with zero attached hydrogens (tertiary/aromatic N) is 5. The van der Waals surface area contributed by atoms with Crippen LogP contribution >= 0.6 is 0 Å². The summed E-state index contributed by atoms with van der Waals surface area (Å²) in [5, 5.41) is 26.3. The molecule has 9 nitrogen and oxygen atoms in total. The molecule has 0 fully saturated rings. The molecule has 0 aliphatic carbocycles. The van der Waals surface area contributed by atoms with Crippen LogP contribution in [0.2, 0.25) is 0 Å². The molecular weight excluding hydrogens is 360 g/mol. The minimum absolute atomic E-state index is 0.0517. The Morgan fingerprint density at radius 3 is 2.54 bits per heavy atom. The van der Waals surface area contributed by atoms with Gasteiger partial charge in [0, 0.05) is 22.9 Å². The number of nitro groups is 1. The van der Waals surface area contributed by atoms with Crippen LogP contribution in [0, 0.1) is 23.0 Å². The molecule has 144 valence electrons. The van der Waals surface area contributed by atoms with Gasteiger partial charge >= 0.3 is 0 Å². The van der Waals surface area contributed by atoms with Gasteiger partial charge in [0.15, 0.2) is 6.04 Å². The maximum absolute atomic E-state index is 12.9. The molecule has 0 bridgehead atoms. The Hall–Kier alpha value is -3.62. The van der Waals surface area contributed by atoms with Crippen molar-refractivity contribution in [3.05, 3.63) is 64.2 Å². The van der Waals surface area contributed by atoms with Gasteiger partial charge < -0.3 is 5.32 Å². The van der Waals surface area contributed by atoms with Gasteiger partial charge in [-0.15, -0.1) is 10.2 Å². The topological polar surface area (TPSA) is 116 Å². The highest BCUT2D eigenvalue weighted by atomic mass is 16.6. The van der Waals surface area contributed by atoms with Gasteiger partial charge in [-0.25, -0.2) is 0 Å². The lowest BCUT2D eigenvalue weighted by Gasteiger charge is -2.18. The Bertz CT molecular complexity index is 1000. The molecule has 0 aliphatic rings. The largest absolute Gasteiger partial charge is 0.324 e. The van der Waals surface area contributed by atoms with E-state index in [1.54, 1.807) is 19.1 Å². The lowest BCUT2D eigenvalue weighted by Crippen LogP contribution is -2.31. The molecule has 1 N–H and O–H groups in total. The van der Waals surface area contributed by atoms with Crippen LogP contribution in [0.15, 0.2) is 48.5 Å². The number of tetrazole rings is 1. The summed E-state index contributed by atoms with van der Waals surface area (Å²) in [6, 6.07) is 13.2. The van der Waals surface area contributed by atoms with Crippen molar-refractivity contribution in [2.75, 3.05) is 5.32 Å². The maximum atomic E-state index is 12.9. The van der Waals surface area contributed by atoms with Crippen LogP contribution < -0.4 is 5.32 Å². The van der Waals surface area contributed by atoms with Crippen LogP contribution in [-0.4, -0.2) is 31.0 Å². The van der Waals surface area contributed by atoms with Crippen LogP contribution in [0.4, 0.5) is 11.4 Å². The number of hydrogen-bond acceptors (Lipinski definition) is 6. The zero-order valence-electron chi connectivity index (χ0n) is 15.7. The highest BCUT2D eigenvalue weighted by Gasteiger charge is 2.28. The molecule has 0 spiro atoms. The summed E-state index contributed by atoms with van der Waals surface area (Å²) in [5.74, 6) is -0.0755. The van der Waals surface area contributed by atoms with Gasteiger partial charge in [-0.3, -0.25) is 14.9 Å². The summed E-state index contributed by atoms with van der Waals surface area (Å²) in [4.78, 5) is 24.8. The summed E-state index contributed by atoms with van der Waals surface area (Å²) < 4.78 is 0. The highest BCUT2D eigenvalue weighted by Crippen LogP contribution is 2.25. The van der Waals surface area contributed by atoms with E-state index in [4.69, 9.17) is 0 Å². The minimum atomic E-state index is -0.717. The van der Waals surface area contributed by atoms with Crippen molar-refractivity contribution in [2.24, 2.45) is 5.92 Å². The Labute approximate surface area is 161 Å². The Morgan fingerprint density at radius 1 is 1.18 bits per heavy atom. The lowest BCUT2D eigenvalue weighted by molar-refractivity contribution is -0.385. The predicted octanol–water partition coefficient (Wildman–Crippen LogP) is 3.39. The SMILES string of the molecule is Cc1ccc(NC(=O)C(C(C)C)n2nnc(-c3ccccc3)n2)cc1[N+](=O)[O-]. The van der Waals surface area contributed by atoms with Gasteiger partial charge in [-0.1, -0.05) is 50.2 Å². The third-order valence-corrected chi connectivity index (χ3v) is 4.28.